The van der Waals surface area contributed by atoms with E-state index >= 15 is 0 Å². The topological polar surface area (TPSA) is 71.4 Å². The number of allylic oxidation sites excluding steroid dienone is 1. The van der Waals surface area contributed by atoms with Crippen LogP contribution >= 0.6 is 0 Å². The van der Waals surface area contributed by atoms with E-state index < -0.39 is 0 Å². The van der Waals surface area contributed by atoms with Crippen LogP contribution in [0, 0.1) is 17.2 Å². The minimum absolute atomic E-state index is 0.0414. The molecule has 0 fully saturated rings. The van der Waals surface area contributed by atoms with Gasteiger partial charge in [0.2, 0.25) is 0 Å². The van der Waals surface area contributed by atoms with Crippen molar-refractivity contribution in [3.05, 3.63) is 35.4 Å². The highest BCUT2D eigenvalue weighted by Gasteiger charge is 2.19. The number of nitrogens with one attached hydrogen (secondary N) is 1. The van der Waals surface area contributed by atoms with Crippen molar-refractivity contribution >= 4 is 11.5 Å². The lowest BCUT2D eigenvalue weighted by atomic mass is 9.90. The van der Waals surface area contributed by atoms with Gasteiger partial charge < -0.3 is 14.8 Å². The molecule has 0 bridgehead atoms. The summed E-state index contributed by atoms with van der Waals surface area (Å²) in [6.45, 7) is 6.98. The largest absolute Gasteiger partial charge is 0.468 e. The Morgan fingerprint density at radius 2 is 1.69 bits per heavy atom. The molecule has 1 aromatic carbocycles. The van der Waals surface area contributed by atoms with Gasteiger partial charge in [-0.25, -0.2) is 0 Å². The van der Waals surface area contributed by atoms with Crippen LogP contribution < -0.4 is 10.1 Å². The molecular weight excluding hydrogens is 364 g/mol. The molecule has 1 rings (SSSR count). The maximum atomic E-state index is 12.6. The van der Waals surface area contributed by atoms with Gasteiger partial charge in [-0.2, -0.15) is 5.26 Å². The summed E-state index contributed by atoms with van der Waals surface area (Å²) in [4.78, 5) is 12.6. The number of amides is 1. The van der Waals surface area contributed by atoms with Crippen LogP contribution in [0.1, 0.15) is 71.3 Å². The Balaban J connectivity index is 2.72. The molecule has 0 aliphatic heterocycles. The molecular formula is C24H36N2O3. The van der Waals surface area contributed by atoms with Crippen LogP contribution in [0.2, 0.25) is 0 Å². The van der Waals surface area contributed by atoms with Crippen molar-refractivity contribution < 1.29 is 14.3 Å². The molecule has 0 saturated heterocycles. The SMILES string of the molecule is CCCCCCCCCNC(=O)/C(C#N)=C(\c1ccc(OCOC)cc1)C(C)C. The number of unbranched alkanes of at least 4 members (excludes halogenated alkanes) is 6. The van der Waals surface area contributed by atoms with Crippen molar-refractivity contribution in [3.8, 4) is 11.8 Å². The number of carbonyl (C=O) groups is 1. The molecule has 5 heteroatoms. The van der Waals surface area contributed by atoms with Gasteiger partial charge in [-0.05, 0) is 35.6 Å². The Hall–Kier alpha value is -2.32. The van der Waals surface area contributed by atoms with Crippen molar-refractivity contribution in [2.75, 3.05) is 20.4 Å². The third-order valence-electron chi connectivity index (χ3n) is 4.76. The van der Waals surface area contributed by atoms with Crippen LogP contribution in [0.3, 0.4) is 0 Å². The van der Waals surface area contributed by atoms with Crippen molar-refractivity contribution in [1.29, 1.82) is 5.26 Å². The Bertz CT molecular complexity index is 672. The average molecular weight is 401 g/mol. The van der Waals surface area contributed by atoms with Crippen LogP contribution in [0.25, 0.3) is 5.57 Å². The number of rotatable bonds is 14. The van der Waals surface area contributed by atoms with E-state index in [0.29, 0.717) is 12.3 Å². The highest BCUT2D eigenvalue weighted by Crippen LogP contribution is 2.28. The molecule has 0 atom stereocenters. The van der Waals surface area contributed by atoms with Gasteiger partial charge in [-0.1, -0.05) is 71.4 Å². The molecule has 1 amide bonds. The summed E-state index contributed by atoms with van der Waals surface area (Å²) < 4.78 is 10.3. The minimum atomic E-state index is -0.290. The monoisotopic (exact) mass is 400 g/mol. The molecule has 29 heavy (non-hydrogen) atoms. The lowest BCUT2D eigenvalue weighted by Crippen LogP contribution is -2.27. The van der Waals surface area contributed by atoms with Crippen LogP contribution in [-0.2, 0) is 9.53 Å². The van der Waals surface area contributed by atoms with Crippen LogP contribution in [-0.4, -0.2) is 26.4 Å². The van der Waals surface area contributed by atoms with Gasteiger partial charge in [0.25, 0.3) is 5.91 Å². The minimum Gasteiger partial charge on any atom is -0.468 e. The van der Waals surface area contributed by atoms with E-state index in [0.717, 1.165) is 24.0 Å². The first-order chi connectivity index (χ1) is 14.0. The number of hydrogen-bond donors (Lipinski definition) is 1. The molecule has 160 valence electrons. The highest BCUT2D eigenvalue weighted by molar-refractivity contribution is 6.05. The number of carbonyl (C=O) groups excluding carboxylic acids is 1. The Morgan fingerprint density at radius 1 is 1.07 bits per heavy atom. The van der Waals surface area contributed by atoms with Gasteiger partial charge in [0.1, 0.15) is 17.4 Å². The van der Waals surface area contributed by atoms with Crippen LogP contribution in [0.5, 0.6) is 5.75 Å². The van der Waals surface area contributed by atoms with Crippen molar-refractivity contribution in [1.82, 2.24) is 5.32 Å². The summed E-state index contributed by atoms with van der Waals surface area (Å²) in [6.07, 6.45) is 8.34. The zero-order chi connectivity index (χ0) is 21.5. The van der Waals surface area contributed by atoms with E-state index in [-0.39, 0.29) is 24.2 Å². The smallest absolute Gasteiger partial charge is 0.262 e. The zero-order valence-corrected chi connectivity index (χ0v) is 18.4. The summed E-state index contributed by atoms with van der Waals surface area (Å²) in [5, 5.41) is 12.6. The van der Waals surface area contributed by atoms with E-state index in [1.807, 2.05) is 38.1 Å². The van der Waals surface area contributed by atoms with E-state index in [1.54, 1.807) is 7.11 Å². The van der Waals surface area contributed by atoms with Gasteiger partial charge in [0, 0.05) is 13.7 Å². The molecule has 0 saturated carbocycles. The normalized spacial score (nSPS) is 11.7. The Labute approximate surface area is 176 Å². The zero-order valence-electron chi connectivity index (χ0n) is 18.4. The number of nitrogens with zero attached hydrogens (tertiary/aromatic N) is 1. The standard InChI is InChI=1S/C24H36N2O3/c1-5-6-7-8-9-10-11-16-26-24(27)22(17-25)23(19(2)3)20-12-14-21(15-13-20)29-18-28-4/h12-15,19H,5-11,16,18H2,1-4H3,(H,26,27)/b23-22-. The van der Waals surface area contributed by atoms with E-state index in [9.17, 15) is 10.1 Å². The second-order valence-corrected chi connectivity index (χ2v) is 7.51. The molecule has 0 unspecified atom stereocenters. The predicted octanol–water partition coefficient (Wildman–Crippen LogP) is 5.47. The fraction of sp³-hybridized carbons (Fsp3) is 0.583. The lowest BCUT2D eigenvalue weighted by Gasteiger charge is -2.15. The molecule has 5 nitrogen and oxygen atoms in total. The first-order valence-corrected chi connectivity index (χ1v) is 10.7. The molecule has 1 N–H and O–H groups in total. The average Bonchev–Trinajstić information content (AvgIpc) is 2.72. The maximum absolute atomic E-state index is 12.6. The van der Waals surface area contributed by atoms with Gasteiger partial charge in [-0.3, -0.25) is 4.79 Å². The van der Waals surface area contributed by atoms with Gasteiger partial charge in [0.15, 0.2) is 6.79 Å². The molecule has 0 spiro atoms. The fourth-order valence-corrected chi connectivity index (χ4v) is 3.23. The van der Waals surface area contributed by atoms with E-state index in [2.05, 4.69) is 18.3 Å². The first-order valence-electron chi connectivity index (χ1n) is 10.7. The quantitative estimate of drug-likeness (QED) is 0.195. The fourth-order valence-electron chi connectivity index (χ4n) is 3.23. The van der Waals surface area contributed by atoms with E-state index in [1.165, 1.54) is 32.1 Å². The summed E-state index contributed by atoms with van der Waals surface area (Å²) >= 11 is 0. The number of ether oxygens (including phenoxy) is 2. The number of methoxy groups -OCH3 is 1. The summed E-state index contributed by atoms with van der Waals surface area (Å²) in [5.41, 5.74) is 1.80. The molecule has 0 radical (unpaired) electrons. The lowest BCUT2D eigenvalue weighted by molar-refractivity contribution is -0.117. The third kappa shape index (κ3) is 9.15. The predicted molar refractivity (Wildman–Crippen MR) is 117 cm³/mol. The second-order valence-electron chi connectivity index (χ2n) is 7.51. The van der Waals surface area contributed by atoms with Crippen molar-refractivity contribution in [2.45, 2.75) is 65.7 Å². The van der Waals surface area contributed by atoms with Gasteiger partial charge >= 0.3 is 0 Å². The second kappa shape index (κ2) is 14.6. The highest BCUT2D eigenvalue weighted by atomic mass is 16.7. The number of hydrogen-bond acceptors (Lipinski definition) is 4. The number of nitriles is 1. The molecule has 0 aliphatic carbocycles. The van der Waals surface area contributed by atoms with E-state index in [4.69, 9.17) is 9.47 Å². The molecule has 0 heterocycles. The molecule has 0 aromatic heterocycles. The Kier molecular flexibility index (Phi) is 12.5. The summed E-state index contributed by atoms with van der Waals surface area (Å²) in [6, 6.07) is 9.52. The molecule has 0 aliphatic rings. The molecule has 1 aromatic rings. The van der Waals surface area contributed by atoms with Crippen LogP contribution in [0.4, 0.5) is 0 Å². The van der Waals surface area contributed by atoms with Gasteiger partial charge in [-0.15, -0.1) is 0 Å². The summed E-state index contributed by atoms with van der Waals surface area (Å²) in [5.74, 6) is 0.433. The number of benzene rings is 1. The Morgan fingerprint density at radius 3 is 2.24 bits per heavy atom. The summed E-state index contributed by atoms with van der Waals surface area (Å²) in [7, 11) is 1.57. The van der Waals surface area contributed by atoms with Crippen molar-refractivity contribution in [2.24, 2.45) is 5.92 Å². The van der Waals surface area contributed by atoms with Crippen LogP contribution in [0.15, 0.2) is 29.8 Å². The maximum Gasteiger partial charge on any atom is 0.262 e. The van der Waals surface area contributed by atoms with Gasteiger partial charge in [0.05, 0.1) is 0 Å². The van der Waals surface area contributed by atoms with Crippen molar-refractivity contribution in [3.63, 3.8) is 0 Å². The first kappa shape index (κ1) is 24.7. The third-order valence-corrected chi connectivity index (χ3v) is 4.76.